The van der Waals surface area contributed by atoms with Crippen LogP contribution in [-0.2, 0) is 9.13 Å². The molecule has 0 heterocycles. The van der Waals surface area contributed by atoms with Gasteiger partial charge in [-0.15, -0.1) is 0 Å². The summed E-state index contributed by atoms with van der Waals surface area (Å²) in [6.45, 7) is 8.01. The normalized spacial score (nSPS) is 15.6. The zero-order chi connectivity index (χ0) is 22.5. The zero-order valence-corrected chi connectivity index (χ0v) is 29.0. The molecule has 0 aliphatic heterocycles. The smallest absolute Gasteiger partial charge is 0.810 e. The Kier molecular flexibility index (Phi) is 29.5. The van der Waals surface area contributed by atoms with E-state index in [0.717, 1.165) is 44.9 Å². The molecule has 3 atom stereocenters. The molecule has 32 heavy (non-hydrogen) atoms. The van der Waals surface area contributed by atoms with Gasteiger partial charge in [-0.25, -0.2) is 0 Å². The predicted molar refractivity (Wildman–Crippen MR) is 114 cm³/mol. The van der Waals surface area contributed by atoms with E-state index >= 15 is 0 Å². The Bertz CT molecular complexity index is 630. The van der Waals surface area contributed by atoms with Crippen molar-refractivity contribution >= 4 is 15.2 Å². The van der Waals surface area contributed by atoms with Crippen LogP contribution in [0.4, 0.5) is 0 Å². The van der Waals surface area contributed by atoms with Crippen molar-refractivity contribution < 1.29 is 117 Å². The van der Waals surface area contributed by atoms with Gasteiger partial charge in [0.25, 0.3) is 0 Å². The van der Waals surface area contributed by atoms with Gasteiger partial charge < -0.3 is 28.7 Å². The summed E-state index contributed by atoms with van der Waals surface area (Å²) in [6.07, 6.45) is 16.0. The third-order valence-corrected chi connectivity index (χ3v) is 8.39. The monoisotopic (exact) mass is 516 g/mol. The molecule has 0 saturated carbocycles. The van der Waals surface area contributed by atoms with Crippen molar-refractivity contribution in [1.82, 2.24) is 0 Å². The summed E-state index contributed by atoms with van der Waals surface area (Å²) in [5, 5.41) is -2.22. The van der Waals surface area contributed by atoms with Crippen LogP contribution in [0.5, 0.6) is 0 Å². The van der Waals surface area contributed by atoms with Gasteiger partial charge in [0.2, 0.25) is 0 Å². The van der Waals surface area contributed by atoms with E-state index < -0.39 is 20.6 Å². The van der Waals surface area contributed by atoms with E-state index in [-0.39, 0.29) is 101 Å². The summed E-state index contributed by atoms with van der Waals surface area (Å²) in [7, 11) is -10.6. The van der Waals surface area contributed by atoms with Crippen LogP contribution in [0.1, 0.15) is 85.5 Å². The molecule has 0 aromatic carbocycles. The van der Waals surface area contributed by atoms with E-state index in [1.807, 2.05) is 0 Å². The van der Waals surface area contributed by atoms with Gasteiger partial charge in [0.15, 0.2) is 0 Å². The Balaban J connectivity index is -0.00000131. The Morgan fingerprint density at radius 3 is 1.94 bits per heavy atom. The Morgan fingerprint density at radius 2 is 1.44 bits per heavy atom. The predicted octanol–water partition coefficient (Wildman–Crippen LogP) is -4.60. The minimum Gasteiger partial charge on any atom is -0.810 e. The van der Waals surface area contributed by atoms with Crippen molar-refractivity contribution in [1.29, 1.82) is 0 Å². The molecule has 3 unspecified atom stereocenters. The standard InChI is InChI=1S/C21H40O6P2.3Na/c1-18(2)13-9-6-5-7-10-14-19(3)15-11-8-12-16-20(4)17-21(28(22,23)24)29(25,26)27;;;/h5,7,13,15,20-21H,6,8-12,14,16-17H2,1-4H3,(H2,22,23,24)(H2,25,26,27);;;/q;3*+1/p-3/b7-5+,19-15+;;;. The Labute approximate surface area is 261 Å². The van der Waals surface area contributed by atoms with Gasteiger partial charge in [-0.3, -0.25) is 0 Å². The average molecular weight is 516 g/mol. The van der Waals surface area contributed by atoms with Crippen LogP contribution in [0, 0.1) is 5.92 Å². The van der Waals surface area contributed by atoms with Crippen LogP contribution < -0.4 is 103 Å². The number of allylic oxidation sites excluding steroid dienone is 6. The van der Waals surface area contributed by atoms with Crippen LogP contribution in [0.3, 0.4) is 0 Å². The first-order chi connectivity index (χ1) is 13.3. The third kappa shape index (κ3) is 24.2. The van der Waals surface area contributed by atoms with Crippen LogP contribution in [0.25, 0.3) is 0 Å². The molecule has 0 aromatic heterocycles. The Morgan fingerprint density at radius 1 is 0.875 bits per heavy atom. The fourth-order valence-electron chi connectivity index (χ4n) is 3.02. The molecule has 0 amide bonds. The van der Waals surface area contributed by atoms with Gasteiger partial charge in [0, 0.05) is 0 Å². The molecule has 0 aliphatic rings. The molecule has 0 fully saturated rings. The first-order valence-electron chi connectivity index (χ1n) is 10.3. The topological polar surface area (TPSA) is 124 Å². The maximum atomic E-state index is 11.1. The molecule has 0 rings (SSSR count). The first-order valence-corrected chi connectivity index (χ1v) is 13.6. The molecule has 0 saturated heterocycles. The molecule has 11 heteroatoms. The second kappa shape index (κ2) is 22.7. The summed E-state index contributed by atoms with van der Waals surface area (Å²) in [6, 6.07) is 0. The van der Waals surface area contributed by atoms with Gasteiger partial charge in [-0.1, -0.05) is 62.8 Å². The van der Waals surface area contributed by atoms with E-state index in [9.17, 15) is 23.8 Å². The Hall–Kier alpha value is 2.52. The minimum absolute atomic E-state index is 0. The molecule has 1 N–H and O–H groups in total. The van der Waals surface area contributed by atoms with Crippen molar-refractivity contribution in [3.8, 4) is 0 Å². The molecule has 0 aliphatic carbocycles. The molecule has 0 bridgehead atoms. The average Bonchev–Trinajstić information content (AvgIpc) is 2.56. The summed E-state index contributed by atoms with van der Waals surface area (Å²) < 4.78 is 22.2. The van der Waals surface area contributed by atoms with E-state index in [1.165, 1.54) is 11.1 Å². The number of hydrogen-bond acceptors (Lipinski definition) is 5. The SMILES string of the molecule is CC(C)=CCC/C=C/CC/C(C)=C/CCCCC(C)CC(P(=O)([O-])[O-])P(=O)([O-])O.[Na+].[Na+].[Na+]. The van der Waals surface area contributed by atoms with Crippen molar-refractivity contribution in [3.63, 3.8) is 0 Å². The van der Waals surface area contributed by atoms with Crippen LogP contribution in [0.2, 0.25) is 0 Å². The van der Waals surface area contributed by atoms with E-state index in [2.05, 4.69) is 45.1 Å². The molecular formula is C21H37Na3O6P2. The summed E-state index contributed by atoms with van der Waals surface area (Å²) >= 11 is 0. The van der Waals surface area contributed by atoms with Crippen LogP contribution in [0.15, 0.2) is 35.5 Å². The van der Waals surface area contributed by atoms with Gasteiger partial charge in [0.05, 0.1) is 5.40 Å². The van der Waals surface area contributed by atoms with E-state index in [0.29, 0.717) is 6.42 Å². The van der Waals surface area contributed by atoms with Gasteiger partial charge in [-0.2, -0.15) is 0 Å². The van der Waals surface area contributed by atoms with Crippen LogP contribution in [-0.4, -0.2) is 10.3 Å². The minimum atomic E-state index is -5.38. The number of rotatable bonds is 15. The summed E-state index contributed by atoms with van der Waals surface area (Å²) in [5.74, 6) is -0.271. The number of unbranched alkanes of at least 4 members (excludes halogenated alkanes) is 3. The second-order valence-electron chi connectivity index (χ2n) is 8.13. The molecular weight excluding hydrogens is 479 g/mol. The van der Waals surface area contributed by atoms with Crippen molar-refractivity contribution in [2.75, 3.05) is 0 Å². The van der Waals surface area contributed by atoms with E-state index in [1.54, 1.807) is 6.92 Å². The molecule has 6 nitrogen and oxygen atoms in total. The fraction of sp³-hybridized carbons (Fsp3) is 0.714. The second-order valence-corrected chi connectivity index (χ2v) is 12.0. The largest absolute Gasteiger partial charge is 1.00 e. The summed E-state index contributed by atoms with van der Waals surface area (Å²) in [5.41, 5.74) is 2.68. The van der Waals surface area contributed by atoms with Crippen molar-refractivity contribution in [2.24, 2.45) is 5.92 Å². The third-order valence-electron chi connectivity index (χ3n) is 4.76. The summed E-state index contributed by atoms with van der Waals surface area (Å²) in [4.78, 5) is 42.3. The zero-order valence-electron chi connectivity index (χ0n) is 21.2. The van der Waals surface area contributed by atoms with Crippen molar-refractivity contribution in [3.05, 3.63) is 35.5 Å². The number of hydrogen-bond donors (Lipinski definition) is 1. The maximum absolute atomic E-state index is 11.1. The quantitative estimate of drug-likeness (QED) is 0.101. The van der Waals surface area contributed by atoms with Gasteiger partial charge >= 0.3 is 88.7 Å². The first kappa shape index (κ1) is 41.6. The maximum Gasteiger partial charge on any atom is 1.00 e. The van der Waals surface area contributed by atoms with Gasteiger partial charge in [0.1, 0.15) is 7.60 Å². The van der Waals surface area contributed by atoms with Crippen molar-refractivity contribution in [2.45, 2.75) is 90.9 Å². The molecule has 0 radical (unpaired) electrons. The van der Waals surface area contributed by atoms with E-state index in [4.69, 9.17) is 4.89 Å². The molecule has 170 valence electrons. The molecule has 0 spiro atoms. The fourth-order valence-corrected chi connectivity index (χ4v) is 5.70. The molecule has 0 aromatic rings. The van der Waals surface area contributed by atoms with Crippen LogP contribution >= 0.6 is 15.2 Å². The van der Waals surface area contributed by atoms with Gasteiger partial charge in [-0.05, 0) is 71.6 Å².